The molecule has 0 bridgehead atoms. The molecule has 0 N–H and O–H groups in total. The summed E-state index contributed by atoms with van der Waals surface area (Å²) in [6.07, 6.45) is 6.95. The van der Waals surface area contributed by atoms with E-state index in [-0.39, 0.29) is 11.5 Å². The summed E-state index contributed by atoms with van der Waals surface area (Å²) < 4.78 is 5.54. The van der Waals surface area contributed by atoms with Crippen LogP contribution in [0.25, 0.3) is 0 Å². The largest absolute Gasteiger partial charge is 0.377 e. The van der Waals surface area contributed by atoms with Crippen LogP contribution in [0.15, 0.2) is 24.5 Å². The Kier molecular flexibility index (Phi) is 3.38. The van der Waals surface area contributed by atoms with Crippen molar-refractivity contribution in [2.45, 2.75) is 30.7 Å². The van der Waals surface area contributed by atoms with E-state index in [4.69, 9.17) is 16.3 Å². The Morgan fingerprint density at radius 1 is 1.50 bits per heavy atom. The predicted octanol–water partition coefficient (Wildman–Crippen LogP) is 2.41. The highest BCUT2D eigenvalue weighted by molar-refractivity contribution is 6.21. The van der Waals surface area contributed by atoms with E-state index >= 15 is 0 Å². The molecule has 1 aliphatic heterocycles. The topological polar surface area (TPSA) is 22.1 Å². The molecule has 2 heterocycles. The van der Waals surface area contributed by atoms with Gasteiger partial charge in [-0.05, 0) is 37.0 Å². The fourth-order valence-corrected chi connectivity index (χ4v) is 2.14. The summed E-state index contributed by atoms with van der Waals surface area (Å²) in [5.41, 5.74) is 1.23. The third-order valence-corrected chi connectivity index (χ3v) is 2.98. The minimum Gasteiger partial charge on any atom is -0.377 e. The Balaban J connectivity index is 1.90. The number of pyridine rings is 1. The van der Waals surface area contributed by atoms with E-state index in [2.05, 4.69) is 4.98 Å². The van der Waals surface area contributed by atoms with Crippen molar-refractivity contribution in [3.63, 3.8) is 0 Å². The summed E-state index contributed by atoms with van der Waals surface area (Å²) in [5, 5.41) is 0.0971. The van der Waals surface area contributed by atoms with E-state index < -0.39 is 0 Å². The first-order chi connectivity index (χ1) is 6.86. The third kappa shape index (κ3) is 2.46. The second-order valence-electron chi connectivity index (χ2n) is 3.63. The summed E-state index contributed by atoms with van der Waals surface area (Å²) in [7, 11) is 0. The highest BCUT2D eigenvalue weighted by Gasteiger charge is 2.23. The van der Waals surface area contributed by atoms with Crippen LogP contribution in [0, 0.1) is 0 Å². The SMILES string of the molecule is ClC(Cc1ccncc1)C1CCCO1. The first kappa shape index (κ1) is 9.94. The number of hydrogen-bond acceptors (Lipinski definition) is 2. The van der Waals surface area contributed by atoms with Gasteiger partial charge in [-0.25, -0.2) is 0 Å². The van der Waals surface area contributed by atoms with Gasteiger partial charge in [-0.3, -0.25) is 4.98 Å². The van der Waals surface area contributed by atoms with Gasteiger partial charge in [-0.2, -0.15) is 0 Å². The zero-order valence-corrected chi connectivity index (χ0v) is 8.78. The van der Waals surface area contributed by atoms with E-state index in [9.17, 15) is 0 Å². The van der Waals surface area contributed by atoms with Crippen LogP contribution in [0.2, 0.25) is 0 Å². The number of alkyl halides is 1. The van der Waals surface area contributed by atoms with Gasteiger partial charge in [0.05, 0.1) is 11.5 Å². The summed E-state index contributed by atoms with van der Waals surface area (Å²) in [6, 6.07) is 4.01. The standard InChI is InChI=1S/C11H14ClNO/c12-10(11-2-1-7-14-11)8-9-3-5-13-6-4-9/h3-6,10-11H,1-2,7-8H2. The van der Waals surface area contributed by atoms with E-state index in [0.717, 1.165) is 25.9 Å². The van der Waals surface area contributed by atoms with Crippen LogP contribution >= 0.6 is 11.6 Å². The highest BCUT2D eigenvalue weighted by Crippen LogP contribution is 2.22. The van der Waals surface area contributed by atoms with Crippen LogP contribution < -0.4 is 0 Å². The summed E-state index contributed by atoms with van der Waals surface area (Å²) >= 11 is 6.28. The van der Waals surface area contributed by atoms with Crippen molar-refractivity contribution in [2.24, 2.45) is 0 Å². The lowest BCUT2D eigenvalue weighted by atomic mass is 10.1. The Labute approximate surface area is 89.3 Å². The number of ether oxygens (including phenoxy) is 1. The number of halogens is 1. The van der Waals surface area contributed by atoms with Gasteiger partial charge in [-0.15, -0.1) is 11.6 Å². The fraction of sp³-hybridized carbons (Fsp3) is 0.545. The number of aromatic nitrogens is 1. The molecule has 0 saturated carbocycles. The molecule has 2 nitrogen and oxygen atoms in total. The maximum atomic E-state index is 6.28. The molecule has 0 radical (unpaired) electrons. The fourth-order valence-electron chi connectivity index (χ4n) is 1.76. The van der Waals surface area contributed by atoms with Gasteiger partial charge >= 0.3 is 0 Å². The molecule has 0 spiro atoms. The van der Waals surface area contributed by atoms with Crippen molar-refractivity contribution >= 4 is 11.6 Å². The third-order valence-electron chi connectivity index (χ3n) is 2.55. The minimum atomic E-state index is 0.0971. The molecule has 0 amide bonds. The van der Waals surface area contributed by atoms with Gasteiger partial charge in [0.15, 0.2) is 0 Å². The lowest BCUT2D eigenvalue weighted by Crippen LogP contribution is -2.22. The van der Waals surface area contributed by atoms with Crippen molar-refractivity contribution in [3.05, 3.63) is 30.1 Å². The van der Waals surface area contributed by atoms with Crippen LogP contribution in [-0.2, 0) is 11.2 Å². The van der Waals surface area contributed by atoms with Gasteiger partial charge in [0.25, 0.3) is 0 Å². The van der Waals surface area contributed by atoms with E-state index in [0.29, 0.717) is 0 Å². The van der Waals surface area contributed by atoms with E-state index in [1.807, 2.05) is 12.1 Å². The molecule has 2 atom stereocenters. The quantitative estimate of drug-likeness (QED) is 0.717. The molecule has 14 heavy (non-hydrogen) atoms. The van der Waals surface area contributed by atoms with Crippen LogP contribution in [0.5, 0.6) is 0 Å². The summed E-state index contributed by atoms with van der Waals surface area (Å²) in [4.78, 5) is 3.98. The Hall–Kier alpha value is -0.600. The average Bonchev–Trinajstić information content (AvgIpc) is 2.72. The van der Waals surface area contributed by atoms with Crippen LogP contribution in [0.4, 0.5) is 0 Å². The molecule has 1 aliphatic rings. The summed E-state index contributed by atoms with van der Waals surface area (Å²) in [5.74, 6) is 0. The van der Waals surface area contributed by atoms with Gasteiger partial charge in [-0.1, -0.05) is 0 Å². The Morgan fingerprint density at radius 3 is 2.93 bits per heavy atom. The molecular formula is C11H14ClNO. The number of rotatable bonds is 3. The second kappa shape index (κ2) is 4.76. The predicted molar refractivity (Wildman–Crippen MR) is 56.6 cm³/mol. The first-order valence-corrected chi connectivity index (χ1v) is 5.44. The monoisotopic (exact) mass is 211 g/mol. The van der Waals surface area contributed by atoms with Gasteiger partial charge in [0, 0.05) is 19.0 Å². The van der Waals surface area contributed by atoms with E-state index in [1.165, 1.54) is 5.56 Å². The lowest BCUT2D eigenvalue weighted by Gasteiger charge is -2.16. The van der Waals surface area contributed by atoms with Crippen LogP contribution in [-0.4, -0.2) is 23.1 Å². The molecule has 1 aromatic rings. The van der Waals surface area contributed by atoms with Crippen molar-refractivity contribution in [2.75, 3.05) is 6.61 Å². The maximum absolute atomic E-state index is 6.28. The van der Waals surface area contributed by atoms with Crippen LogP contribution in [0.1, 0.15) is 18.4 Å². The molecule has 3 heteroatoms. The molecule has 2 unspecified atom stereocenters. The Bertz CT molecular complexity index is 272. The van der Waals surface area contributed by atoms with Crippen molar-refractivity contribution in [3.8, 4) is 0 Å². The molecule has 0 aromatic carbocycles. The maximum Gasteiger partial charge on any atom is 0.0742 e. The smallest absolute Gasteiger partial charge is 0.0742 e. The molecule has 1 aromatic heterocycles. The molecule has 2 rings (SSSR count). The lowest BCUT2D eigenvalue weighted by molar-refractivity contribution is 0.107. The molecule has 1 saturated heterocycles. The Morgan fingerprint density at radius 2 is 2.29 bits per heavy atom. The summed E-state index contributed by atoms with van der Waals surface area (Å²) in [6.45, 7) is 0.865. The highest BCUT2D eigenvalue weighted by atomic mass is 35.5. The van der Waals surface area contributed by atoms with Crippen molar-refractivity contribution in [1.82, 2.24) is 4.98 Å². The van der Waals surface area contributed by atoms with Gasteiger partial charge in [0.1, 0.15) is 0 Å². The van der Waals surface area contributed by atoms with Gasteiger partial charge < -0.3 is 4.74 Å². The van der Waals surface area contributed by atoms with Gasteiger partial charge in [0.2, 0.25) is 0 Å². The molecule has 1 fully saturated rings. The zero-order chi connectivity index (χ0) is 9.80. The zero-order valence-electron chi connectivity index (χ0n) is 8.03. The van der Waals surface area contributed by atoms with Crippen LogP contribution in [0.3, 0.4) is 0 Å². The van der Waals surface area contributed by atoms with E-state index in [1.54, 1.807) is 12.4 Å². The van der Waals surface area contributed by atoms with Crippen molar-refractivity contribution < 1.29 is 4.74 Å². The number of nitrogens with zero attached hydrogens (tertiary/aromatic N) is 1. The minimum absolute atomic E-state index is 0.0971. The second-order valence-corrected chi connectivity index (χ2v) is 4.19. The molecule has 76 valence electrons. The first-order valence-electron chi connectivity index (χ1n) is 5.01. The van der Waals surface area contributed by atoms with Crippen molar-refractivity contribution in [1.29, 1.82) is 0 Å². The molecule has 0 aliphatic carbocycles. The average molecular weight is 212 g/mol. The molecular weight excluding hydrogens is 198 g/mol. The number of hydrogen-bond donors (Lipinski definition) is 0. The normalized spacial score (nSPS) is 23.6.